The number of aliphatic carboxylic acids is 1. The Morgan fingerprint density at radius 1 is 1.04 bits per heavy atom. The van der Waals surface area contributed by atoms with Crippen molar-refractivity contribution < 1.29 is 24.3 Å². The van der Waals surface area contributed by atoms with Crippen LogP contribution in [0.5, 0.6) is 0 Å². The molecule has 3 aliphatic heterocycles. The highest BCUT2D eigenvalue weighted by Crippen LogP contribution is 2.22. The first-order valence-electron chi connectivity index (χ1n) is 9.92. The number of nitrogens with one attached hydrogen (secondary N) is 2. The average molecular weight is 413 g/mol. The van der Waals surface area contributed by atoms with Crippen molar-refractivity contribution in [2.75, 3.05) is 25.4 Å². The van der Waals surface area contributed by atoms with E-state index in [1.54, 1.807) is 4.90 Å². The molecule has 3 aliphatic rings. The van der Waals surface area contributed by atoms with Gasteiger partial charge in [0, 0.05) is 18.8 Å². The number of hydrogen-bond donors (Lipinski definition) is 4. The maximum Gasteiger partial charge on any atom is 0.326 e. The Bertz CT molecular complexity index is 639. The Morgan fingerprint density at radius 3 is 2.32 bits per heavy atom. The largest absolute Gasteiger partial charge is 0.480 e. The molecule has 4 atom stereocenters. The van der Waals surface area contributed by atoms with Gasteiger partial charge >= 0.3 is 5.97 Å². The van der Waals surface area contributed by atoms with Crippen LogP contribution in [0.4, 0.5) is 0 Å². The first-order valence-corrected chi connectivity index (χ1v) is 10.6. The molecule has 0 spiro atoms. The second kappa shape index (κ2) is 9.13. The van der Waals surface area contributed by atoms with E-state index in [-0.39, 0.29) is 23.6 Å². The zero-order valence-corrected chi connectivity index (χ0v) is 16.7. The molecule has 0 aromatic rings. The van der Waals surface area contributed by atoms with Crippen molar-refractivity contribution >= 4 is 36.3 Å². The van der Waals surface area contributed by atoms with Crippen LogP contribution in [0.15, 0.2) is 0 Å². The molecule has 28 heavy (non-hydrogen) atoms. The summed E-state index contributed by atoms with van der Waals surface area (Å²) in [6.45, 7) is 1.69. The molecule has 3 amide bonds. The van der Waals surface area contributed by atoms with Crippen LogP contribution < -0.4 is 10.6 Å². The summed E-state index contributed by atoms with van der Waals surface area (Å²) in [4.78, 5) is 52.6. The quantitative estimate of drug-likeness (QED) is 0.425. The molecule has 0 aromatic heterocycles. The van der Waals surface area contributed by atoms with Gasteiger partial charge in [-0.05, 0) is 45.1 Å². The molecular weight excluding hydrogens is 384 g/mol. The monoisotopic (exact) mass is 412 g/mol. The third kappa shape index (κ3) is 4.27. The first kappa shape index (κ1) is 20.9. The number of rotatable bonds is 6. The molecule has 10 heteroatoms. The van der Waals surface area contributed by atoms with E-state index in [9.17, 15) is 24.3 Å². The van der Waals surface area contributed by atoms with Crippen LogP contribution in [0.3, 0.4) is 0 Å². The van der Waals surface area contributed by atoms with Crippen molar-refractivity contribution in [1.82, 2.24) is 20.4 Å². The summed E-state index contributed by atoms with van der Waals surface area (Å²) in [7, 11) is 0. The minimum atomic E-state index is -1.04. The SMILES string of the molecule is O=C(O)[C@@H]1CCCN1C(=O)[C@H](CS)NC(=O)[C@@H]1CCCN1C(=O)[C@@H]1CCCN1. The molecule has 0 bridgehead atoms. The van der Waals surface area contributed by atoms with E-state index in [4.69, 9.17) is 0 Å². The summed E-state index contributed by atoms with van der Waals surface area (Å²) in [6.07, 6.45) is 4.04. The molecule has 3 fully saturated rings. The van der Waals surface area contributed by atoms with Gasteiger partial charge in [0.15, 0.2) is 0 Å². The zero-order chi connectivity index (χ0) is 20.3. The molecular formula is C18H28N4O5S. The van der Waals surface area contributed by atoms with Gasteiger partial charge in [0.1, 0.15) is 18.1 Å². The highest BCUT2D eigenvalue weighted by Gasteiger charge is 2.41. The van der Waals surface area contributed by atoms with Gasteiger partial charge in [-0.3, -0.25) is 14.4 Å². The molecule has 0 aromatic carbocycles. The van der Waals surface area contributed by atoms with Crippen LogP contribution in [-0.2, 0) is 19.2 Å². The summed E-state index contributed by atoms with van der Waals surface area (Å²) in [5.74, 6) is -1.83. The van der Waals surface area contributed by atoms with Crippen molar-refractivity contribution in [3.05, 3.63) is 0 Å². The fourth-order valence-electron chi connectivity index (χ4n) is 4.34. The third-order valence-electron chi connectivity index (χ3n) is 5.82. The lowest BCUT2D eigenvalue weighted by atomic mass is 10.1. The number of thiol groups is 1. The van der Waals surface area contributed by atoms with Crippen LogP contribution in [-0.4, -0.2) is 88.2 Å². The number of likely N-dealkylation sites (tertiary alicyclic amines) is 2. The van der Waals surface area contributed by atoms with E-state index in [1.165, 1.54) is 4.90 Å². The van der Waals surface area contributed by atoms with Crippen LogP contribution >= 0.6 is 12.6 Å². The summed E-state index contributed by atoms with van der Waals surface area (Å²) >= 11 is 4.18. The topological polar surface area (TPSA) is 119 Å². The summed E-state index contributed by atoms with van der Waals surface area (Å²) in [6, 6.07) is -2.60. The van der Waals surface area contributed by atoms with Crippen molar-refractivity contribution in [2.45, 2.75) is 62.7 Å². The number of carbonyl (C=O) groups excluding carboxylic acids is 3. The van der Waals surface area contributed by atoms with Gasteiger partial charge in [-0.1, -0.05) is 0 Å². The Kier molecular flexibility index (Phi) is 6.82. The second-order valence-corrected chi connectivity index (χ2v) is 7.98. The first-order chi connectivity index (χ1) is 13.4. The number of carboxylic acids is 1. The molecule has 3 N–H and O–H groups in total. The average Bonchev–Trinajstić information content (AvgIpc) is 3.44. The number of carboxylic acid groups (broad SMARTS) is 1. The number of carbonyl (C=O) groups is 4. The highest BCUT2D eigenvalue weighted by molar-refractivity contribution is 7.80. The van der Waals surface area contributed by atoms with E-state index in [1.807, 2.05) is 0 Å². The lowest BCUT2D eigenvalue weighted by Crippen LogP contribution is -2.57. The van der Waals surface area contributed by atoms with Gasteiger partial charge in [0.2, 0.25) is 17.7 Å². The van der Waals surface area contributed by atoms with Crippen LogP contribution in [0.25, 0.3) is 0 Å². The second-order valence-electron chi connectivity index (χ2n) is 7.61. The van der Waals surface area contributed by atoms with Crippen molar-refractivity contribution in [2.24, 2.45) is 0 Å². The summed E-state index contributed by atoms with van der Waals surface area (Å²) in [5, 5.41) is 15.2. The Labute approximate surface area is 169 Å². The smallest absolute Gasteiger partial charge is 0.326 e. The van der Waals surface area contributed by atoms with Gasteiger partial charge in [-0.25, -0.2) is 4.79 Å². The fourth-order valence-corrected chi connectivity index (χ4v) is 4.59. The van der Waals surface area contributed by atoms with Gasteiger partial charge in [-0.2, -0.15) is 12.6 Å². The Morgan fingerprint density at radius 2 is 1.71 bits per heavy atom. The van der Waals surface area contributed by atoms with Crippen molar-refractivity contribution in [3.8, 4) is 0 Å². The van der Waals surface area contributed by atoms with E-state index in [2.05, 4.69) is 23.3 Å². The third-order valence-corrected chi connectivity index (χ3v) is 6.18. The van der Waals surface area contributed by atoms with Crippen molar-refractivity contribution in [1.29, 1.82) is 0 Å². The predicted molar refractivity (Wildman–Crippen MR) is 104 cm³/mol. The summed E-state index contributed by atoms with van der Waals surface area (Å²) < 4.78 is 0. The van der Waals surface area contributed by atoms with Crippen LogP contribution in [0.1, 0.15) is 38.5 Å². The van der Waals surface area contributed by atoms with Gasteiger partial charge in [0.25, 0.3) is 0 Å². The lowest BCUT2D eigenvalue weighted by Gasteiger charge is -2.30. The fraction of sp³-hybridized carbons (Fsp3) is 0.778. The van der Waals surface area contributed by atoms with Crippen molar-refractivity contribution in [3.63, 3.8) is 0 Å². The van der Waals surface area contributed by atoms with E-state index in [0.29, 0.717) is 32.4 Å². The molecule has 0 saturated carbocycles. The molecule has 0 unspecified atom stereocenters. The lowest BCUT2D eigenvalue weighted by molar-refractivity contribution is -0.149. The standard InChI is InChI=1S/C18H28N4O5S/c23-15(13-5-2-8-21(13)16(24)11-4-1-7-19-11)20-12(10-28)17(25)22-9-3-6-14(22)18(26)27/h11-14,19,28H,1-10H2,(H,20,23)(H,26,27)/t11-,12-,13-,14-/m0/s1. The number of nitrogens with zero attached hydrogens (tertiary/aromatic N) is 2. The minimum absolute atomic E-state index is 0.0608. The maximum atomic E-state index is 12.8. The molecule has 3 saturated heterocycles. The Hall–Kier alpha value is -1.81. The van der Waals surface area contributed by atoms with Crippen LogP contribution in [0, 0.1) is 0 Å². The van der Waals surface area contributed by atoms with E-state index >= 15 is 0 Å². The zero-order valence-electron chi connectivity index (χ0n) is 15.8. The molecule has 156 valence electrons. The molecule has 0 radical (unpaired) electrons. The maximum absolute atomic E-state index is 12.8. The summed E-state index contributed by atoms with van der Waals surface area (Å²) in [5.41, 5.74) is 0. The molecule has 3 rings (SSSR count). The molecule has 9 nitrogen and oxygen atoms in total. The normalized spacial score (nSPS) is 28.4. The molecule has 3 heterocycles. The number of amides is 3. The van der Waals surface area contributed by atoms with Gasteiger partial charge < -0.3 is 25.5 Å². The highest BCUT2D eigenvalue weighted by atomic mass is 32.1. The number of hydrogen-bond acceptors (Lipinski definition) is 6. The van der Waals surface area contributed by atoms with E-state index in [0.717, 1.165) is 25.8 Å². The van der Waals surface area contributed by atoms with Gasteiger partial charge in [0.05, 0.1) is 6.04 Å². The minimum Gasteiger partial charge on any atom is -0.480 e. The molecule has 0 aliphatic carbocycles. The predicted octanol–water partition coefficient (Wildman–Crippen LogP) is -0.780. The van der Waals surface area contributed by atoms with Gasteiger partial charge in [-0.15, -0.1) is 0 Å². The Balaban J connectivity index is 1.63. The van der Waals surface area contributed by atoms with Crippen LogP contribution in [0.2, 0.25) is 0 Å². The van der Waals surface area contributed by atoms with E-state index < -0.39 is 30.0 Å².